The van der Waals surface area contributed by atoms with Crippen LogP contribution in [0.3, 0.4) is 0 Å². The molecule has 1 unspecified atom stereocenters. The first kappa shape index (κ1) is 91.7. The van der Waals surface area contributed by atoms with Crippen LogP contribution in [0, 0.1) is 23.3 Å². The topological polar surface area (TPSA) is 303 Å². The number of carbonyl (C=O) groups is 3. The molecule has 0 spiro atoms. The molecular formula is C90H109BF7N13O11S. The molecule has 2 aromatic carbocycles. The van der Waals surface area contributed by atoms with Gasteiger partial charge in [0, 0.05) is 130 Å². The Labute approximate surface area is 711 Å². The molecule has 123 heavy (non-hydrogen) atoms. The number of carbonyl (C=O) groups excluding carboxylic acids is 3. The third-order valence-electron chi connectivity index (χ3n) is 23.5. The van der Waals surface area contributed by atoms with Crippen molar-refractivity contribution < 1.29 is 81.0 Å². The molecule has 2 amide bonds. The first-order chi connectivity index (χ1) is 58.1. The highest BCUT2D eigenvalue weighted by atomic mass is 32.2. The van der Waals surface area contributed by atoms with Gasteiger partial charge in [0.05, 0.1) is 23.0 Å². The number of hydrogen-bond acceptors (Lipinski definition) is 18. The molecule has 6 N–H and O–H groups in total. The lowest BCUT2D eigenvalue weighted by Gasteiger charge is -2.32. The minimum absolute atomic E-state index is 0.0320. The summed E-state index contributed by atoms with van der Waals surface area (Å²) in [6, 6.07) is 21.6. The lowest BCUT2D eigenvalue weighted by molar-refractivity contribution is -0.0524. The number of halogens is 7. The molecule has 4 fully saturated rings. The van der Waals surface area contributed by atoms with E-state index in [9.17, 15) is 53.5 Å². The number of amides is 2. The number of pyridine rings is 4. The average molecular weight is 1720 g/mol. The second-order valence-corrected chi connectivity index (χ2v) is 37.1. The van der Waals surface area contributed by atoms with Crippen molar-refractivity contribution in [2.24, 2.45) is 0 Å². The molecule has 16 rings (SSSR count). The fourth-order valence-electron chi connectivity index (χ4n) is 16.0. The van der Waals surface area contributed by atoms with Crippen LogP contribution in [0.4, 0.5) is 40.3 Å². The molecule has 11 aromatic rings. The number of nitrogens with one attached hydrogen (secondary N) is 6. The molecule has 1 saturated heterocycles. The van der Waals surface area contributed by atoms with Crippen LogP contribution in [0.2, 0.25) is 0 Å². The van der Waals surface area contributed by atoms with Gasteiger partial charge in [0.15, 0.2) is 34.8 Å². The first-order valence-corrected chi connectivity index (χ1v) is 43.0. The van der Waals surface area contributed by atoms with Crippen molar-refractivity contribution in [1.82, 2.24) is 65.5 Å². The molecule has 1 aliphatic heterocycles. The minimum atomic E-state index is -5.64. The summed E-state index contributed by atoms with van der Waals surface area (Å²) in [6.45, 7) is 18.9. The Morgan fingerprint density at radius 1 is 0.553 bits per heavy atom. The Balaban J connectivity index is 0.000000142. The van der Waals surface area contributed by atoms with Crippen molar-refractivity contribution in [1.29, 1.82) is 0 Å². The van der Waals surface area contributed by atoms with Crippen molar-refractivity contribution in [3.05, 3.63) is 191 Å². The predicted molar refractivity (Wildman–Crippen MR) is 458 cm³/mol. The third kappa shape index (κ3) is 23.1. The number of fused-ring (bicyclic) bond motifs is 4. The van der Waals surface area contributed by atoms with Crippen LogP contribution >= 0.6 is 0 Å². The molecule has 33 heteroatoms. The number of ether oxygens (including phenoxy) is 2. The van der Waals surface area contributed by atoms with E-state index in [4.69, 9.17) is 23.3 Å². The molecule has 5 aliphatic rings. The summed E-state index contributed by atoms with van der Waals surface area (Å²) in [7, 11) is 2.54. The van der Waals surface area contributed by atoms with Gasteiger partial charge < -0.3 is 67.9 Å². The Kier molecular flexibility index (Phi) is 28.6. The highest BCUT2D eigenvalue weighted by Crippen LogP contribution is 2.43. The van der Waals surface area contributed by atoms with Crippen LogP contribution < -0.4 is 16.1 Å². The molecule has 10 heterocycles. The molecule has 24 nitrogen and oxygen atoms in total. The standard InChI is InChI=1S/C24H24F2N4O.C23H25F2N3O.C18H25N3O2.C13H17BN2O2.C12H18F3NO5S/c1-30(2)16-8-6-14(7-9-16)15-10-18-19(12-28-24(18)27-11-15)23-20(13-29-31-23)17-4-3-5-21(25)22(17)26;1-28(2)17-8-6-14(7-9-17)16-10-18-19(13-27-23(18)26-12-16)21(29)11-15-4-3-5-20(24)22(15)25;1-18(2,3)23-17(22)21-15-6-4-12(5-7-15)14-10-13-8-9-19-16(13)20-11-14;1-12(2)13(3,4)18-14(17-12)10-7-9-5-6-15-11(9)16-8-10;1-11(2,3)20-10(17)16-8-4-6-9(7-5-8)21-22(18,19)12(13,14)15/h3-5,10-14,16H,6-9H2,1-2H3,(H,27,28);3-5,10,12-14,17H,6-9,11H2,1-2H3,(H,26,27);8-12,15H,4-7H2,1-3H3,(H,19,20)(H,21,22);5-8H,1-4H3,(H,15,16);6,8H,4-5,7H2,1-3H3,(H,16,17). The van der Waals surface area contributed by atoms with Gasteiger partial charge in [-0.25, -0.2) is 47.1 Å². The lowest BCUT2D eigenvalue weighted by Crippen LogP contribution is -2.41. The molecule has 9 aromatic heterocycles. The highest BCUT2D eigenvalue weighted by molar-refractivity contribution is 7.87. The van der Waals surface area contributed by atoms with Crippen molar-refractivity contribution in [2.75, 3.05) is 28.2 Å². The van der Waals surface area contributed by atoms with Crippen molar-refractivity contribution in [2.45, 2.75) is 242 Å². The minimum Gasteiger partial charge on any atom is -0.444 e. The van der Waals surface area contributed by atoms with Crippen molar-refractivity contribution >= 4 is 84.8 Å². The van der Waals surface area contributed by atoms with Crippen LogP contribution in [-0.2, 0) is 39.5 Å². The number of ketones is 1. The fraction of sp³-hybridized carbons (Fsp3) is 0.467. The summed E-state index contributed by atoms with van der Waals surface area (Å²) in [6.07, 6.45) is 29.8. The Bertz CT molecular complexity index is 5630. The fourth-order valence-corrected chi connectivity index (χ4v) is 16.5. The summed E-state index contributed by atoms with van der Waals surface area (Å²) in [4.78, 5) is 71.1. The second-order valence-electron chi connectivity index (χ2n) is 35.6. The van der Waals surface area contributed by atoms with E-state index < -0.39 is 56.2 Å². The monoisotopic (exact) mass is 1720 g/mol. The van der Waals surface area contributed by atoms with E-state index in [1.54, 1.807) is 39.4 Å². The summed E-state index contributed by atoms with van der Waals surface area (Å²) in [5, 5.41) is 13.3. The number of nitrogens with zero attached hydrogens (tertiary/aromatic N) is 7. The summed E-state index contributed by atoms with van der Waals surface area (Å²) < 4.78 is 146. The maximum atomic E-state index is 14.4. The van der Waals surface area contributed by atoms with Crippen molar-refractivity contribution in [3.63, 3.8) is 0 Å². The number of alkyl halides is 3. The Morgan fingerprint density at radius 3 is 1.58 bits per heavy atom. The summed E-state index contributed by atoms with van der Waals surface area (Å²) >= 11 is 0. The second kappa shape index (κ2) is 38.3. The maximum absolute atomic E-state index is 14.4. The number of rotatable bonds is 15. The number of hydrogen-bond donors (Lipinski definition) is 6. The first-order valence-electron chi connectivity index (χ1n) is 41.6. The van der Waals surface area contributed by atoms with Crippen LogP contribution in [-0.4, -0.2) is 169 Å². The van der Waals surface area contributed by atoms with E-state index in [1.165, 1.54) is 60.5 Å². The predicted octanol–water partition coefficient (Wildman–Crippen LogP) is 19.4. The number of alkyl carbamates (subject to hydrolysis) is 2. The Hall–Kier alpha value is -10.5. The lowest BCUT2D eigenvalue weighted by atomic mass is 9.80. The largest absolute Gasteiger partial charge is 0.534 e. The van der Waals surface area contributed by atoms with E-state index in [-0.39, 0.29) is 84.9 Å². The highest BCUT2D eigenvalue weighted by Gasteiger charge is 2.52. The van der Waals surface area contributed by atoms with E-state index >= 15 is 0 Å². The molecule has 1 atom stereocenters. The number of Topliss-reactive ketones (excluding diaryl/α,β-unsaturated/α-hetero) is 1. The van der Waals surface area contributed by atoms with Gasteiger partial charge in [-0.1, -0.05) is 29.4 Å². The smallest absolute Gasteiger partial charge is 0.444 e. The number of aromatic nitrogens is 9. The zero-order chi connectivity index (χ0) is 88.7. The normalized spacial score (nSPS) is 20.4. The molecule has 0 bridgehead atoms. The van der Waals surface area contributed by atoms with Gasteiger partial charge in [-0.3, -0.25) is 4.79 Å². The van der Waals surface area contributed by atoms with Gasteiger partial charge in [0.2, 0.25) is 0 Å². The van der Waals surface area contributed by atoms with Crippen molar-refractivity contribution in [3.8, 4) is 22.5 Å². The van der Waals surface area contributed by atoms with Crippen LogP contribution in [0.15, 0.2) is 145 Å². The van der Waals surface area contributed by atoms with Gasteiger partial charge in [-0.05, 0) is 282 Å². The van der Waals surface area contributed by atoms with Gasteiger partial charge in [-0.2, -0.15) is 21.6 Å². The van der Waals surface area contributed by atoms with Gasteiger partial charge in [0.1, 0.15) is 39.5 Å². The van der Waals surface area contributed by atoms with Crippen LogP contribution in [0.1, 0.15) is 216 Å². The number of allylic oxidation sites excluding steroid dienone is 1. The number of aromatic amines is 4. The maximum Gasteiger partial charge on any atom is 0.534 e. The quantitative estimate of drug-likeness (QED) is 0.0183. The molecule has 0 radical (unpaired) electrons. The molecule has 4 aliphatic carbocycles. The number of benzene rings is 2. The van der Waals surface area contributed by atoms with Gasteiger partial charge in [0.25, 0.3) is 0 Å². The van der Waals surface area contributed by atoms with Crippen LogP contribution in [0.5, 0.6) is 0 Å². The molecular weight excluding hydrogens is 1610 g/mol. The number of H-pyrrole nitrogens is 4. The SMILES string of the molecule is CC(C)(C)OC(=O)NC1CC=C(OS(=O)(=O)C(F)(F)F)CC1.CC(C)(C)OC(=O)NC1CCC(c2cnc3[nH]ccc3c2)CC1.CC1(C)OB(c2cnc3[nH]ccc3c2)OC1(C)C.CN(C)C1CCC(c2cnc3[nH]cc(-c4oncc4-c4cccc(F)c4F)c3c2)CC1.CN(C)C1CCC(c2cnc3[nH]cc(C(=O)Cc4cccc(F)c4F)c3c2)CC1. The van der Waals surface area contributed by atoms with E-state index in [0.29, 0.717) is 52.4 Å². The molecule has 658 valence electrons. The summed E-state index contributed by atoms with van der Waals surface area (Å²) in [5.41, 5.74) is 2.39. The average Bonchev–Trinajstić information content (AvgIpc) is 1.43. The Morgan fingerprint density at radius 2 is 1.04 bits per heavy atom. The van der Waals surface area contributed by atoms with E-state index in [0.717, 1.165) is 131 Å². The molecule has 3 saturated carbocycles. The van der Waals surface area contributed by atoms with E-state index in [2.05, 4.69) is 150 Å². The van der Waals surface area contributed by atoms with Gasteiger partial charge >= 0.3 is 34.9 Å². The summed E-state index contributed by atoms with van der Waals surface area (Å²) in [5.74, 6) is -2.43. The van der Waals surface area contributed by atoms with Crippen LogP contribution in [0.25, 0.3) is 66.6 Å². The van der Waals surface area contributed by atoms with E-state index in [1.807, 2.05) is 63.9 Å². The van der Waals surface area contributed by atoms with Gasteiger partial charge in [-0.15, -0.1) is 0 Å². The zero-order valence-electron chi connectivity index (χ0n) is 71.8. The third-order valence-corrected chi connectivity index (χ3v) is 24.5. The zero-order valence-corrected chi connectivity index (χ0v) is 72.6.